The van der Waals surface area contributed by atoms with E-state index in [-0.39, 0.29) is 0 Å². The molecule has 0 aliphatic heterocycles. The van der Waals surface area contributed by atoms with Gasteiger partial charge in [-0.1, -0.05) is 68.4 Å². The third kappa shape index (κ3) is 3.85. The largest absolute Gasteiger partial charge is 0.496 e. The molecule has 18 heavy (non-hydrogen) atoms. The molecule has 0 saturated heterocycles. The Balaban J connectivity index is 3.34. The van der Waals surface area contributed by atoms with Crippen LogP contribution < -0.4 is 4.74 Å². The Morgan fingerprint density at radius 3 is 1.89 bits per heavy atom. The molecule has 0 spiro atoms. The molecule has 0 heterocycles. The minimum absolute atomic E-state index is 0.978. The third-order valence-electron chi connectivity index (χ3n) is 3.05. The van der Waals surface area contributed by atoms with E-state index >= 15 is 0 Å². The van der Waals surface area contributed by atoms with Crippen molar-refractivity contribution in [2.45, 2.75) is 39.3 Å². The van der Waals surface area contributed by atoms with Gasteiger partial charge in [-0.3, -0.25) is 0 Å². The van der Waals surface area contributed by atoms with Crippen LogP contribution in [0.25, 0.3) is 6.08 Å². The molecule has 1 aromatic carbocycles. The van der Waals surface area contributed by atoms with E-state index < -0.39 is 16.1 Å². The van der Waals surface area contributed by atoms with Crippen molar-refractivity contribution >= 4 is 22.2 Å². The Labute approximate surface area is 114 Å². The SMILES string of the molecule is COc1ccccc1C=C([Si](C)(C)C)[Si](C)(C)C. The predicted octanol–water partition coefficient (Wildman–Crippen LogP) is 4.83. The topological polar surface area (TPSA) is 9.23 Å². The Bertz CT molecular complexity index is 421. The van der Waals surface area contributed by atoms with Gasteiger partial charge in [-0.2, -0.15) is 0 Å². The van der Waals surface area contributed by atoms with Crippen LogP contribution in [-0.4, -0.2) is 23.3 Å². The molecule has 0 amide bonds. The fourth-order valence-corrected chi connectivity index (χ4v) is 12.7. The highest BCUT2D eigenvalue weighted by molar-refractivity contribution is 7.05. The number of ether oxygens (including phenoxy) is 1. The van der Waals surface area contributed by atoms with Gasteiger partial charge in [0.25, 0.3) is 0 Å². The van der Waals surface area contributed by atoms with Gasteiger partial charge in [0.05, 0.1) is 23.3 Å². The van der Waals surface area contributed by atoms with E-state index in [1.807, 2.05) is 12.1 Å². The molecule has 0 fully saturated rings. The Morgan fingerprint density at radius 2 is 1.44 bits per heavy atom. The quantitative estimate of drug-likeness (QED) is 0.717. The second-order valence-corrected chi connectivity index (χ2v) is 17.4. The Hall–Kier alpha value is -0.806. The maximum absolute atomic E-state index is 5.46. The number of hydrogen-bond donors (Lipinski definition) is 0. The van der Waals surface area contributed by atoms with Gasteiger partial charge in [-0.25, -0.2) is 0 Å². The zero-order valence-electron chi connectivity index (χ0n) is 12.8. The van der Waals surface area contributed by atoms with Gasteiger partial charge in [0, 0.05) is 5.56 Å². The summed E-state index contributed by atoms with van der Waals surface area (Å²) in [7, 11) is -0.801. The summed E-state index contributed by atoms with van der Waals surface area (Å²) in [4.78, 5) is 1.71. The van der Waals surface area contributed by atoms with E-state index in [0.717, 1.165) is 5.75 Å². The van der Waals surface area contributed by atoms with Gasteiger partial charge in [0.1, 0.15) is 5.75 Å². The van der Waals surface area contributed by atoms with Gasteiger partial charge < -0.3 is 4.74 Å². The molecule has 0 unspecified atom stereocenters. The number of para-hydroxylation sites is 1. The normalized spacial score (nSPS) is 12.2. The molecule has 0 bridgehead atoms. The summed E-state index contributed by atoms with van der Waals surface area (Å²) in [5.74, 6) is 0.978. The number of rotatable bonds is 4. The van der Waals surface area contributed by atoms with Crippen LogP contribution in [0.2, 0.25) is 39.3 Å². The maximum Gasteiger partial charge on any atom is 0.126 e. The van der Waals surface area contributed by atoms with Crippen LogP contribution in [0.3, 0.4) is 0 Å². The first-order valence-electron chi connectivity index (χ1n) is 6.52. The second kappa shape index (κ2) is 5.45. The molecule has 0 aromatic heterocycles. The summed E-state index contributed by atoms with van der Waals surface area (Å²) in [6.07, 6.45) is 2.40. The van der Waals surface area contributed by atoms with Crippen molar-refractivity contribution in [2.24, 2.45) is 0 Å². The lowest BCUT2D eigenvalue weighted by atomic mass is 10.2. The summed E-state index contributed by atoms with van der Waals surface area (Å²) in [6, 6.07) is 8.30. The van der Waals surface area contributed by atoms with Crippen LogP contribution in [-0.2, 0) is 0 Å². The molecule has 100 valence electrons. The molecule has 0 aliphatic rings. The first-order valence-corrected chi connectivity index (χ1v) is 13.5. The van der Waals surface area contributed by atoms with Crippen molar-refractivity contribution in [1.29, 1.82) is 0 Å². The zero-order valence-corrected chi connectivity index (χ0v) is 14.8. The van der Waals surface area contributed by atoms with E-state index in [2.05, 4.69) is 57.5 Å². The van der Waals surface area contributed by atoms with E-state index in [1.165, 1.54) is 5.56 Å². The number of benzene rings is 1. The van der Waals surface area contributed by atoms with Gasteiger partial charge >= 0.3 is 0 Å². The van der Waals surface area contributed by atoms with Crippen molar-refractivity contribution in [3.8, 4) is 5.75 Å². The summed E-state index contributed by atoms with van der Waals surface area (Å²) >= 11 is 0. The lowest BCUT2D eigenvalue weighted by molar-refractivity contribution is 0.414. The van der Waals surface area contributed by atoms with Crippen LogP contribution in [0.15, 0.2) is 29.1 Å². The highest BCUT2D eigenvalue weighted by atomic mass is 28.4. The molecule has 1 nitrogen and oxygen atoms in total. The van der Waals surface area contributed by atoms with E-state index in [9.17, 15) is 0 Å². The average Bonchev–Trinajstić information content (AvgIpc) is 2.23. The zero-order chi connectivity index (χ0) is 14.0. The molecule has 1 rings (SSSR count). The molecular weight excluding hydrogens is 252 g/mol. The van der Waals surface area contributed by atoms with Crippen LogP contribution in [0.4, 0.5) is 0 Å². The van der Waals surface area contributed by atoms with Gasteiger partial charge in [0.15, 0.2) is 0 Å². The Morgan fingerprint density at radius 1 is 0.944 bits per heavy atom. The number of hydrogen-bond acceptors (Lipinski definition) is 1. The van der Waals surface area contributed by atoms with Crippen molar-refractivity contribution < 1.29 is 4.74 Å². The van der Waals surface area contributed by atoms with Crippen molar-refractivity contribution in [3.63, 3.8) is 0 Å². The molecule has 0 radical (unpaired) electrons. The summed E-state index contributed by atoms with van der Waals surface area (Å²) in [6.45, 7) is 14.6. The Kier molecular flexibility index (Phi) is 4.62. The van der Waals surface area contributed by atoms with Crippen molar-refractivity contribution in [2.75, 3.05) is 7.11 Å². The molecule has 1 aromatic rings. The first kappa shape index (κ1) is 15.3. The second-order valence-electron chi connectivity index (χ2n) is 6.80. The maximum atomic E-state index is 5.46. The predicted molar refractivity (Wildman–Crippen MR) is 87.7 cm³/mol. The molecule has 0 atom stereocenters. The molecule has 0 N–H and O–H groups in total. The fraction of sp³-hybridized carbons (Fsp3) is 0.467. The minimum atomic E-state index is -1.27. The highest BCUT2D eigenvalue weighted by Crippen LogP contribution is 2.30. The van der Waals surface area contributed by atoms with Gasteiger partial charge in [-0.15, -0.1) is 0 Å². The van der Waals surface area contributed by atoms with Crippen LogP contribution >= 0.6 is 0 Å². The monoisotopic (exact) mass is 278 g/mol. The lowest BCUT2D eigenvalue weighted by Crippen LogP contribution is -2.39. The molecular formula is C15H26OSi2. The van der Waals surface area contributed by atoms with E-state index in [4.69, 9.17) is 4.74 Å². The van der Waals surface area contributed by atoms with Gasteiger partial charge in [0.2, 0.25) is 0 Å². The summed E-state index contributed by atoms with van der Waals surface area (Å²) < 4.78 is 5.46. The molecule has 0 saturated carbocycles. The molecule has 0 aliphatic carbocycles. The van der Waals surface area contributed by atoms with Crippen molar-refractivity contribution in [1.82, 2.24) is 0 Å². The van der Waals surface area contributed by atoms with E-state index in [1.54, 1.807) is 11.9 Å². The molecule has 3 heteroatoms. The third-order valence-corrected chi connectivity index (χ3v) is 11.1. The summed E-state index contributed by atoms with van der Waals surface area (Å²) in [5.41, 5.74) is 1.22. The first-order chi connectivity index (χ1) is 8.16. The van der Waals surface area contributed by atoms with Crippen molar-refractivity contribution in [3.05, 3.63) is 34.6 Å². The standard InChI is InChI=1S/C15H26OSi2/c1-16-14-11-9-8-10-13(14)12-15(17(2,3)4)18(5,6)7/h8-12H,1-7H3. The fourth-order valence-electron chi connectivity index (χ4n) is 2.50. The highest BCUT2D eigenvalue weighted by Gasteiger charge is 2.30. The lowest BCUT2D eigenvalue weighted by Gasteiger charge is -2.31. The van der Waals surface area contributed by atoms with Crippen LogP contribution in [0.1, 0.15) is 5.56 Å². The van der Waals surface area contributed by atoms with Crippen LogP contribution in [0, 0.1) is 0 Å². The number of methoxy groups -OCH3 is 1. The van der Waals surface area contributed by atoms with E-state index in [0.29, 0.717) is 0 Å². The minimum Gasteiger partial charge on any atom is -0.496 e. The van der Waals surface area contributed by atoms with Gasteiger partial charge in [-0.05, 0) is 6.07 Å². The smallest absolute Gasteiger partial charge is 0.126 e. The van der Waals surface area contributed by atoms with Crippen LogP contribution in [0.5, 0.6) is 5.75 Å². The average molecular weight is 279 g/mol. The summed E-state index contributed by atoms with van der Waals surface area (Å²) in [5, 5.41) is 0.